The van der Waals surface area contributed by atoms with Crippen molar-refractivity contribution in [1.82, 2.24) is 10.3 Å². The van der Waals surface area contributed by atoms with Gasteiger partial charge in [0.25, 0.3) is 5.91 Å². The fraction of sp³-hybridized carbons (Fsp3) is 0.0385. The van der Waals surface area contributed by atoms with Crippen molar-refractivity contribution in [3.63, 3.8) is 0 Å². The Kier molecular flexibility index (Phi) is 7.42. The van der Waals surface area contributed by atoms with Gasteiger partial charge in [0.2, 0.25) is 0 Å². The Balaban J connectivity index is 1.31. The SMILES string of the molecule is O=C(NCc1ccccc1)c1cc(Oc2ccc(NC(=S)Nc3ccc(F)cc3)cc2)ccn1. The minimum Gasteiger partial charge on any atom is -0.457 e. The summed E-state index contributed by atoms with van der Waals surface area (Å²) in [5, 5.41) is 9.27. The third-order valence-electron chi connectivity index (χ3n) is 4.71. The molecule has 0 radical (unpaired) electrons. The van der Waals surface area contributed by atoms with Crippen molar-refractivity contribution in [1.29, 1.82) is 0 Å². The van der Waals surface area contributed by atoms with Gasteiger partial charge < -0.3 is 20.7 Å². The first-order chi connectivity index (χ1) is 16.5. The van der Waals surface area contributed by atoms with Crippen molar-refractivity contribution in [3.8, 4) is 11.5 Å². The van der Waals surface area contributed by atoms with E-state index in [2.05, 4.69) is 20.9 Å². The monoisotopic (exact) mass is 472 g/mol. The molecule has 0 saturated heterocycles. The number of ether oxygens (including phenoxy) is 1. The lowest BCUT2D eigenvalue weighted by atomic mass is 10.2. The summed E-state index contributed by atoms with van der Waals surface area (Å²) < 4.78 is 18.9. The number of pyridine rings is 1. The lowest BCUT2D eigenvalue weighted by Gasteiger charge is -2.12. The molecule has 1 amide bonds. The van der Waals surface area contributed by atoms with Crippen LogP contribution in [0, 0.1) is 5.82 Å². The summed E-state index contributed by atoms with van der Waals surface area (Å²) in [6, 6.07) is 26.0. The molecule has 3 aromatic carbocycles. The summed E-state index contributed by atoms with van der Waals surface area (Å²) in [5.74, 6) is 0.490. The number of anilines is 2. The number of benzene rings is 3. The van der Waals surface area contributed by atoms with E-state index in [1.807, 2.05) is 42.5 Å². The van der Waals surface area contributed by atoms with Crippen molar-refractivity contribution in [2.45, 2.75) is 6.54 Å². The summed E-state index contributed by atoms with van der Waals surface area (Å²) in [5.41, 5.74) is 2.70. The van der Waals surface area contributed by atoms with Gasteiger partial charge in [0.1, 0.15) is 23.0 Å². The number of thiocarbonyl (C=S) groups is 1. The number of nitrogens with one attached hydrogen (secondary N) is 3. The number of amides is 1. The lowest BCUT2D eigenvalue weighted by molar-refractivity contribution is 0.0945. The predicted molar refractivity (Wildman–Crippen MR) is 135 cm³/mol. The predicted octanol–water partition coefficient (Wildman–Crippen LogP) is 5.75. The summed E-state index contributed by atoms with van der Waals surface area (Å²) in [6.07, 6.45) is 1.53. The van der Waals surface area contributed by atoms with Crippen LogP contribution in [0.25, 0.3) is 0 Å². The van der Waals surface area contributed by atoms with Crippen molar-refractivity contribution in [2.24, 2.45) is 0 Å². The van der Waals surface area contributed by atoms with Gasteiger partial charge in [-0.15, -0.1) is 0 Å². The van der Waals surface area contributed by atoms with Crippen LogP contribution in [0.3, 0.4) is 0 Å². The zero-order valence-corrected chi connectivity index (χ0v) is 18.8. The second-order valence-corrected chi connectivity index (χ2v) is 7.67. The van der Waals surface area contributed by atoms with E-state index in [0.29, 0.717) is 28.8 Å². The zero-order chi connectivity index (χ0) is 23.8. The van der Waals surface area contributed by atoms with Gasteiger partial charge >= 0.3 is 0 Å². The average Bonchev–Trinajstić information content (AvgIpc) is 2.86. The standard InChI is InChI=1S/C26H21FN4O2S/c27-19-6-8-20(9-7-19)30-26(34)31-21-10-12-22(13-11-21)33-23-14-15-28-24(16-23)25(32)29-17-18-4-2-1-3-5-18/h1-16H,17H2,(H,29,32)(H2,30,31,34). The Labute approximate surface area is 201 Å². The highest BCUT2D eigenvalue weighted by Gasteiger charge is 2.09. The first-order valence-electron chi connectivity index (χ1n) is 10.4. The normalized spacial score (nSPS) is 10.3. The zero-order valence-electron chi connectivity index (χ0n) is 18.0. The van der Waals surface area contributed by atoms with Crippen LogP contribution in [0.4, 0.5) is 15.8 Å². The van der Waals surface area contributed by atoms with E-state index in [1.54, 1.807) is 36.4 Å². The summed E-state index contributed by atoms with van der Waals surface area (Å²) in [4.78, 5) is 16.6. The maximum Gasteiger partial charge on any atom is 0.270 e. The fourth-order valence-corrected chi connectivity index (χ4v) is 3.27. The van der Waals surface area contributed by atoms with Gasteiger partial charge in [-0.05, 0) is 72.4 Å². The summed E-state index contributed by atoms with van der Waals surface area (Å²) >= 11 is 5.29. The maximum atomic E-state index is 13.0. The summed E-state index contributed by atoms with van der Waals surface area (Å²) in [7, 11) is 0. The van der Waals surface area contributed by atoms with Gasteiger partial charge in [-0.1, -0.05) is 30.3 Å². The number of rotatable bonds is 7. The first-order valence-corrected chi connectivity index (χ1v) is 10.9. The van der Waals surface area contributed by atoms with E-state index in [-0.39, 0.29) is 17.4 Å². The fourth-order valence-electron chi connectivity index (χ4n) is 3.04. The third-order valence-corrected chi connectivity index (χ3v) is 4.91. The van der Waals surface area contributed by atoms with Gasteiger partial charge in [-0.25, -0.2) is 4.39 Å². The van der Waals surface area contributed by atoms with E-state index in [1.165, 1.54) is 18.3 Å². The van der Waals surface area contributed by atoms with E-state index < -0.39 is 0 Å². The Bertz CT molecular complexity index is 1270. The highest BCUT2D eigenvalue weighted by Crippen LogP contribution is 2.23. The van der Waals surface area contributed by atoms with Crippen LogP contribution in [0.5, 0.6) is 11.5 Å². The summed E-state index contributed by atoms with van der Waals surface area (Å²) in [6.45, 7) is 0.415. The van der Waals surface area contributed by atoms with Crippen LogP contribution in [-0.4, -0.2) is 16.0 Å². The van der Waals surface area contributed by atoms with Gasteiger partial charge in [-0.3, -0.25) is 9.78 Å². The van der Waals surface area contributed by atoms with Gasteiger partial charge in [0.15, 0.2) is 5.11 Å². The van der Waals surface area contributed by atoms with Crippen LogP contribution in [0.1, 0.15) is 16.1 Å². The molecular formula is C26H21FN4O2S. The van der Waals surface area contributed by atoms with Gasteiger partial charge in [-0.2, -0.15) is 0 Å². The molecule has 0 aliphatic heterocycles. The quantitative estimate of drug-likeness (QED) is 0.297. The van der Waals surface area contributed by atoms with Crippen molar-refractivity contribution >= 4 is 34.6 Å². The van der Waals surface area contributed by atoms with Gasteiger partial charge in [0.05, 0.1) is 0 Å². The van der Waals surface area contributed by atoms with Crippen LogP contribution in [0.15, 0.2) is 97.2 Å². The van der Waals surface area contributed by atoms with E-state index in [0.717, 1.165) is 11.3 Å². The molecule has 1 aromatic heterocycles. The molecule has 0 fully saturated rings. The van der Waals surface area contributed by atoms with E-state index >= 15 is 0 Å². The molecule has 0 unspecified atom stereocenters. The molecule has 6 nitrogen and oxygen atoms in total. The first kappa shape index (κ1) is 22.9. The molecule has 1 heterocycles. The smallest absolute Gasteiger partial charge is 0.270 e. The van der Waals surface area contributed by atoms with E-state index in [4.69, 9.17) is 17.0 Å². The average molecular weight is 473 g/mol. The second kappa shape index (κ2) is 11.0. The minimum absolute atomic E-state index is 0.268. The molecule has 4 aromatic rings. The number of hydrogen-bond donors (Lipinski definition) is 3. The number of aromatic nitrogens is 1. The van der Waals surface area contributed by atoms with Crippen molar-refractivity contribution < 1.29 is 13.9 Å². The highest BCUT2D eigenvalue weighted by atomic mass is 32.1. The molecule has 0 bridgehead atoms. The number of carbonyl (C=O) groups is 1. The number of carbonyl (C=O) groups excluding carboxylic acids is 1. The Morgan fingerprint density at radius 1 is 0.853 bits per heavy atom. The lowest BCUT2D eigenvalue weighted by Crippen LogP contribution is -2.23. The van der Waals surface area contributed by atoms with Crippen LogP contribution in [-0.2, 0) is 6.54 Å². The molecular weight excluding hydrogens is 451 g/mol. The van der Waals surface area contributed by atoms with Crippen molar-refractivity contribution in [2.75, 3.05) is 10.6 Å². The molecule has 0 aliphatic carbocycles. The molecule has 3 N–H and O–H groups in total. The maximum absolute atomic E-state index is 13.0. The Morgan fingerprint density at radius 2 is 1.50 bits per heavy atom. The number of halogens is 1. The molecule has 0 saturated carbocycles. The molecule has 0 aliphatic rings. The van der Waals surface area contributed by atoms with Crippen molar-refractivity contribution in [3.05, 3.63) is 114 Å². The van der Waals surface area contributed by atoms with Crippen LogP contribution >= 0.6 is 12.2 Å². The number of hydrogen-bond acceptors (Lipinski definition) is 4. The third kappa shape index (κ3) is 6.60. The Morgan fingerprint density at radius 3 is 2.18 bits per heavy atom. The molecule has 8 heteroatoms. The molecule has 4 rings (SSSR count). The van der Waals surface area contributed by atoms with Gasteiger partial charge in [0, 0.05) is 30.2 Å². The topological polar surface area (TPSA) is 75.3 Å². The molecule has 0 spiro atoms. The molecule has 0 atom stereocenters. The molecule has 34 heavy (non-hydrogen) atoms. The largest absolute Gasteiger partial charge is 0.457 e. The van der Waals surface area contributed by atoms with E-state index in [9.17, 15) is 9.18 Å². The van der Waals surface area contributed by atoms with Crippen LogP contribution < -0.4 is 20.7 Å². The molecule has 170 valence electrons. The number of nitrogens with zero attached hydrogens (tertiary/aromatic N) is 1. The minimum atomic E-state index is -0.311. The Hall–Kier alpha value is -4.30. The van der Waals surface area contributed by atoms with Crippen LogP contribution in [0.2, 0.25) is 0 Å². The highest BCUT2D eigenvalue weighted by molar-refractivity contribution is 7.80. The second-order valence-electron chi connectivity index (χ2n) is 7.26.